The number of furan rings is 1. The number of hydrogen-bond donors (Lipinski definition) is 1. The van der Waals surface area contributed by atoms with Gasteiger partial charge in [0, 0.05) is 6.20 Å². The highest BCUT2D eigenvalue weighted by Crippen LogP contribution is 2.08. The summed E-state index contributed by atoms with van der Waals surface area (Å²) in [5, 5.41) is 2.64. The second-order valence-corrected chi connectivity index (χ2v) is 3.15. The highest BCUT2D eigenvalue weighted by atomic mass is 16.3. The number of aryl methyl sites for hydroxylation is 1. The number of anilines is 1. The first-order chi connectivity index (χ1) is 7.25. The van der Waals surface area contributed by atoms with E-state index in [2.05, 4.69) is 10.3 Å². The molecular weight excluding hydrogens is 192 g/mol. The van der Waals surface area contributed by atoms with Crippen LogP contribution in [0.4, 0.5) is 5.82 Å². The molecule has 0 atom stereocenters. The number of carbonyl (C=O) groups is 1. The van der Waals surface area contributed by atoms with Crippen molar-refractivity contribution in [2.45, 2.75) is 6.92 Å². The third-order valence-electron chi connectivity index (χ3n) is 1.90. The molecular formula is C11H10N2O2. The number of rotatable bonds is 2. The summed E-state index contributed by atoms with van der Waals surface area (Å²) in [5.41, 5.74) is 1.04. The smallest absolute Gasteiger partial charge is 0.292 e. The molecule has 0 aromatic carbocycles. The molecule has 0 spiro atoms. The lowest BCUT2D eigenvalue weighted by Crippen LogP contribution is -2.11. The molecule has 0 saturated carbocycles. The number of nitrogens with zero attached hydrogens (tertiary/aromatic N) is 1. The van der Waals surface area contributed by atoms with Crippen LogP contribution in [0.1, 0.15) is 16.1 Å². The van der Waals surface area contributed by atoms with Crippen molar-refractivity contribution in [1.29, 1.82) is 0 Å². The predicted octanol–water partition coefficient (Wildman–Crippen LogP) is 2.24. The van der Waals surface area contributed by atoms with Crippen molar-refractivity contribution >= 4 is 11.7 Å². The SMILES string of the molecule is Cc1ccnc(NC(=O)c2ccco2)c1. The van der Waals surface area contributed by atoms with E-state index in [0.29, 0.717) is 5.82 Å². The number of nitrogens with one attached hydrogen (secondary N) is 1. The van der Waals surface area contributed by atoms with Crippen LogP contribution in [0.25, 0.3) is 0 Å². The molecule has 1 amide bonds. The van der Waals surface area contributed by atoms with E-state index < -0.39 is 0 Å². The van der Waals surface area contributed by atoms with Crippen LogP contribution in [0.3, 0.4) is 0 Å². The monoisotopic (exact) mass is 202 g/mol. The summed E-state index contributed by atoms with van der Waals surface area (Å²) in [7, 11) is 0. The van der Waals surface area contributed by atoms with E-state index in [1.54, 1.807) is 24.4 Å². The molecule has 4 heteroatoms. The summed E-state index contributed by atoms with van der Waals surface area (Å²) < 4.78 is 4.96. The molecule has 2 aromatic rings. The number of amides is 1. The van der Waals surface area contributed by atoms with Gasteiger partial charge in [0.1, 0.15) is 5.82 Å². The first-order valence-electron chi connectivity index (χ1n) is 4.53. The molecule has 0 fully saturated rings. The Bertz CT molecular complexity index is 463. The van der Waals surface area contributed by atoms with Gasteiger partial charge in [-0.1, -0.05) is 0 Å². The van der Waals surface area contributed by atoms with Crippen LogP contribution in [0, 0.1) is 6.92 Å². The zero-order chi connectivity index (χ0) is 10.7. The first kappa shape index (κ1) is 9.45. The number of pyridine rings is 1. The van der Waals surface area contributed by atoms with Crippen LogP contribution < -0.4 is 5.32 Å². The molecule has 0 aliphatic rings. The summed E-state index contributed by atoms with van der Waals surface area (Å²) in [6.45, 7) is 1.93. The van der Waals surface area contributed by atoms with Crippen LogP contribution >= 0.6 is 0 Å². The van der Waals surface area contributed by atoms with Crippen molar-refractivity contribution in [3.63, 3.8) is 0 Å². The van der Waals surface area contributed by atoms with Gasteiger partial charge in [0.2, 0.25) is 0 Å². The van der Waals surface area contributed by atoms with Crippen LogP contribution in [0.15, 0.2) is 41.1 Å². The molecule has 0 aliphatic heterocycles. The van der Waals surface area contributed by atoms with E-state index in [9.17, 15) is 4.79 Å². The normalized spacial score (nSPS) is 9.93. The van der Waals surface area contributed by atoms with E-state index >= 15 is 0 Å². The highest BCUT2D eigenvalue weighted by Gasteiger charge is 2.08. The number of carbonyl (C=O) groups excluding carboxylic acids is 1. The standard InChI is InChI=1S/C11H10N2O2/c1-8-4-5-12-10(7-8)13-11(14)9-3-2-6-15-9/h2-7H,1H3,(H,12,13,14). The molecule has 0 aliphatic carbocycles. The predicted molar refractivity (Wildman–Crippen MR) is 55.6 cm³/mol. The largest absolute Gasteiger partial charge is 0.459 e. The average molecular weight is 202 g/mol. The third kappa shape index (κ3) is 2.22. The minimum absolute atomic E-state index is 0.276. The van der Waals surface area contributed by atoms with Crippen LogP contribution in [0.2, 0.25) is 0 Å². The maximum atomic E-state index is 11.5. The van der Waals surface area contributed by atoms with Crippen molar-refractivity contribution in [2.24, 2.45) is 0 Å². The Morgan fingerprint density at radius 1 is 1.47 bits per heavy atom. The first-order valence-corrected chi connectivity index (χ1v) is 4.53. The number of hydrogen-bond acceptors (Lipinski definition) is 3. The topological polar surface area (TPSA) is 55.1 Å². The second kappa shape index (κ2) is 3.96. The van der Waals surface area contributed by atoms with Gasteiger partial charge in [0.15, 0.2) is 5.76 Å². The van der Waals surface area contributed by atoms with Crippen LogP contribution in [-0.4, -0.2) is 10.9 Å². The molecule has 0 unspecified atom stereocenters. The zero-order valence-corrected chi connectivity index (χ0v) is 8.23. The summed E-state index contributed by atoms with van der Waals surface area (Å²) in [6, 6.07) is 6.92. The van der Waals surface area contributed by atoms with Gasteiger partial charge < -0.3 is 9.73 Å². The molecule has 15 heavy (non-hydrogen) atoms. The molecule has 2 aromatic heterocycles. The van der Waals surface area contributed by atoms with Gasteiger partial charge >= 0.3 is 0 Å². The molecule has 0 radical (unpaired) electrons. The van der Waals surface area contributed by atoms with E-state index in [0.717, 1.165) is 5.56 Å². The number of aromatic nitrogens is 1. The molecule has 1 N–H and O–H groups in total. The van der Waals surface area contributed by atoms with Gasteiger partial charge in [-0.3, -0.25) is 4.79 Å². The second-order valence-electron chi connectivity index (χ2n) is 3.15. The minimum atomic E-state index is -0.293. The Balaban J connectivity index is 2.13. The molecule has 0 bridgehead atoms. The highest BCUT2D eigenvalue weighted by molar-refractivity contribution is 6.01. The summed E-state index contributed by atoms with van der Waals surface area (Å²) in [5.74, 6) is 0.507. The maximum absolute atomic E-state index is 11.5. The van der Waals surface area contributed by atoms with Crippen LogP contribution in [0.5, 0.6) is 0 Å². The van der Waals surface area contributed by atoms with Crippen molar-refractivity contribution in [2.75, 3.05) is 5.32 Å². The van der Waals surface area contributed by atoms with Crippen molar-refractivity contribution in [1.82, 2.24) is 4.98 Å². The van der Waals surface area contributed by atoms with Gasteiger partial charge in [-0.15, -0.1) is 0 Å². The molecule has 2 rings (SSSR count). The van der Waals surface area contributed by atoms with Gasteiger partial charge in [-0.25, -0.2) is 4.98 Å². The Morgan fingerprint density at radius 3 is 3.00 bits per heavy atom. The molecule has 4 nitrogen and oxygen atoms in total. The van der Waals surface area contributed by atoms with E-state index in [1.807, 2.05) is 13.0 Å². The van der Waals surface area contributed by atoms with Gasteiger partial charge in [-0.2, -0.15) is 0 Å². The Hall–Kier alpha value is -2.10. The van der Waals surface area contributed by atoms with E-state index in [-0.39, 0.29) is 11.7 Å². The van der Waals surface area contributed by atoms with Crippen molar-refractivity contribution in [3.05, 3.63) is 48.0 Å². The molecule has 76 valence electrons. The van der Waals surface area contributed by atoms with Gasteiger partial charge in [0.05, 0.1) is 6.26 Å². The Kier molecular flexibility index (Phi) is 2.49. The molecule has 2 heterocycles. The summed E-state index contributed by atoms with van der Waals surface area (Å²) in [4.78, 5) is 15.6. The maximum Gasteiger partial charge on any atom is 0.292 e. The van der Waals surface area contributed by atoms with Gasteiger partial charge in [0.25, 0.3) is 5.91 Å². The lowest BCUT2D eigenvalue weighted by atomic mass is 10.3. The lowest BCUT2D eigenvalue weighted by Gasteiger charge is -2.02. The lowest BCUT2D eigenvalue weighted by molar-refractivity contribution is 0.0996. The fraction of sp³-hybridized carbons (Fsp3) is 0.0909. The Labute approximate surface area is 86.9 Å². The minimum Gasteiger partial charge on any atom is -0.459 e. The van der Waals surface area contributed by atoms with E-state index in [4.69, 9.17) is 4.42 Å². The van der Waals surface area contributed by atoms with Crippen molar-refractivity contribution < 1.29 is 9.21 Å². The fourth-order valence-electron chi connectivity index (χ4n) is 1.19. The zero-order valence-electron chi connectivity index (χ0n) is 8.23. The van der Waals surface area contributed by atoms with Crippen LogP contribution in [-0.2, 0) is 0 Å². The van der Waals surface area contributed by atoms with Crippen molar-refractivity contribution in [3.8, 4) is 0 Å². The Morgan fingerprint density at radius 2 is 2.33 bits per heavy atom. The fourth-order valence-corrected chi connectivity index (χ4v) is 1.19. The quantitative estimate of drug-likeness (QED) is 0.812. The molecule has 0 saturated heterocycles. The average Bonchev–Trinajstić information content (AvgIpc) is 2.70. The summed E-state index contributed by atoms with van der Waals surface area (Å²) in [6.07, 6.45) is 3.10. The third-order valence-corrected chi connectivity index (χ3v) is 1.90. The van der Waals surface area contributed by atoms with E-state index in [1.165, 1.54) is 6.26 Å². The summed E-state index contributed by atoms with van der Waals surface area (Å²) >= 11 is 0. The van der Waals surface area contributed by atoms with Gasteiger partial charge in [-0.05, 0) is 36.8 Å².